The summed E-state index contributed by atoms with van der Waals surface area (Å²) in [6.07, 6.45) is 4.35. The number of hydrogen-bond acceptors (Lipinski definition) is 3. The van der Waals surface area contributed by atoms with Gasteiger partial charge in [-0.05, 0) is 30.4 Å². The van der Waals surface area contributed by atoms with Crippen molar-refractivity contribution in [1.82, 2.24) is 9.78 Å². The molecule has 0 N–H and O–H groups in total. The maximum atomic E-state index is 12.0. The lowest BCUT2D eigenvalue weighted by molar-refractivity contribution is 0.104. The van der Waals surface area contributed by atoms with Crippen LogP contribution in [0.15, 0.2) is 41.3 Å². The monoisotopic (exact) mass is 308 g/mol. The molecule has 0 unspecified atom stereocenters. The van der Waals surface area contributed by atoms with Gasteiger partial charge in [-0.15, -0.1) is 0 Å². The Kier molecular flexibility index (Phi) is 4.37. The summed E-state index contributed by atoms with van der Waals surface area (Å²) in [5.74, 6) is -0.271. The number of aromatic nitrogens is 2. The van der Waals surface area contributed by atoms with Gasteiger partial charge < -0.3 is 0 Å². The minimum absolute atomic E-state index is 0.246. The summed E-state index contributed by atoms with van der Waals surface area (Å²) in [6.45, 7) is 0. The lowest BCUT2D eigenvalue weighted by Gasteiger charge is -2.00. The summed E-state index contributed by atoms with van der Waals surface area (Å²) in [4.78, 5) is 23.4. The van der Waals surface area contributed by atoms with E-state index in [1.54, 1.807) is 19.2 Å². The predicted molar refractivity (Wildman–Crippen MR) is 79.3 cm³/mol. The molecule has 0 aliphatic rings. The van der Waals surface area contributed by atoms with E-state index in [-0.39, 0.29) is 16.4 Å². The third-order valence-corrected chi connectivity index (χ3v) is 3.16. The van der Waals surface area contributed by atoms with Gasteiger partial charge >= 0.3 is 0 Å². The molecule has 4 nitrogen and oxygen atoms in total. The Morgan fingerprint density at radius 2 is 2.05 bits per heavy atom. The molecule has 2 aromatic rings. The van der Waals surface area contributed by atoms with Crippen molar-refractivity contribution < 1.29 is 4.79 Å². The van der Waals surface area contributed by atoms with Crippen LogP contribution >= 0.6 is 23.2 Å². The molecule has 0 fully saturated rings. The molecule has 6 heteroatoms. The largest absolute Gasteiger partial charge is 0.289 e. The van der Waals surface area contributed by atoms with Crippen molar-refractivity contribution in [2.45, 2.75) is 0 Å². The van der Waals surface area contributed by atoms with E-state index in [9.17, 15) is 9.59 Å². The first-order valence-corrected chi connectivity index (χ1v) is 6.44. The van der Waals surface area contributed by atoms with Crippen molar-refractivity contribution in [3.05, 3.63) is 68.1 Å². The van der Waals surface area contributed by atoms with Crippen LogP contribution in [0.2, 0.25) is 10.0 Å². The van der Waals surface area contributed by atoms with Crippen LogP contribution < -0.4 is 5.56 Å². The summed E-state index contributed by atoms with van der Waals surface area (Å²) in [5.41, 5.74) is 0.653. The molecular weight excluding hydrogens is 299 g/mol. The van der Waals surface area contributed by atoms with Gasteiger partial charge in [0.1, 0.15) is 0 Å². The summed E-state index contributed by atoms with van der Waals surface area (Å²) in [7, 11) is 1.55. The van der Waals surface area contributed by atoms with E-state index in [1.807, 2.05) is 0 Å². The van der Waals surface area contributed by atoms with Crippen LogP contribution in [0.1, 0.15) is 15.9 Å². The van der Waals surface area contributed by atoms with Gasteiger partial charge in [-0.3, -0.25) is 9.59 Å². The van der Waals surface area contributed by atoms with E-state index in [4.69, 9.17) is 23.2 Å². The SMILES string of the molecule is Cn1ncc(/C=C/C(=O)c2ccc(Cl)cc2Cl)cc1=O. The molecule has 0 aliphatic heterocycles. The minimum atomic E-state index is -0.271. The van der Waals surface area contributed by atoms with Gasteiger partial charge in [-0.2, -0.15) is 5.10 Å². The van der Waals surface area contributed by atoms with E-state index in [2.05, 4.69) is 5.10 Å². The maximum absolute atomic E-state index is 12.0. The summed E-state index contributed by atoms with van der Waals surface area (Å²) >= 11 is 11.7. The highest BCUT2D eigenvalue weighted by Gasteiger charge is 2.07. The molecule has 0 spiro atoms. The number of aryl methyl sites for hydroxylation is 1. The number of ketones is 1. The molecule has 102 valence electrons. The van der Waals surface area contributed by atoms with Crippen LogP contribution in [-0.2, 0) is 7.05 Å². The van der Waals surface area contributed by atoms with Gasteiger partial charge in [-0.1, -0.05) is 23.2 Å². The van der Waals surface area contributed by atoms with Gasteiger partial charge in [-0.25, -0.2) is 4.68 Å². The van der Waals surface area contributed by atoms with Gasteiger partial charge in [0, 0.05) is 29.3 Å². The van der Waals surface area contributed by atoms with Gasteiger partial charge in [0.15, 0.2) is 5.78 Å². The molecule has 2 rings (SSSR count). The second-order valence-corrected chi connectivity index (χ2v) is 4.92. The van der Waals surface area contributed by atoms with Crippen molar-refractivity contribution >= 4 is 35.1 Å². The second-order valence-electron chi connectivity index (χ2n) is 4.07. The average molecular weight is 309 g/mol. The van der Waals surface area contributed by atoms with Crippen LogP contribution in [0.4, 0.5) is 0 Å². The fourth-order valence-corrected chi connectivity index (χ4v) is 2.03. The number of allylic oxidation sites excluding steroid dienone is 1. The molecule has 0 saturated heterocycles. The molecular formula is C14H10Cl2N2O2. The zero-order chi connectivity index (χ0) is 14.7. The first kappa shape index (κ1) is 14.5. The average Bonchev–Trinajstić information content (AvgIpc) is 2.40. The molecule has 1 aromatic carbocycles. The van der Waals surface area contributed by atoms with E-state index < -0.39 is 0 Å². The van der Waals surface area contributed by atoms with Crippen molar-refractivity contribution in [3.8, 4) is 0 Å². The standard InChI is InChI=1S/C14H10Cl2N2O2/c1-18-14(20)6-9(8-17-18)2-5-13(19)11-4-3-10(15)7-12(11)16/h2-8H,1H3/b5-2+. The van der Waals surface area contributed by atoms with Crippen molar-refractivity contribution in [3.63, 3.8) is 0 Å². The molecule has 1 heterocycles. The molecule has 1 aromatic heterocycles. The van der Waals surface area contributed by atoms with E-state index in [1.165, 1.54) is 35.2 Å². The molecule has 0 amide bonds. The van der Waals surface area contributed by atoms with Crippen LogP contribution in [0.3, 0.4) is 0 Å². The van der Waals surface area contributed by atoms with Crippen LogP contribution in [0, 0.1) is 0 Å². The number of benzene rings is 1. The summed E-state index contributed by atoms with van der Waals surface area (Å²) < 4.78 is 1.20. The van der Waals surface area contributed by atoms with Gasteiger partial charge in [0.25, 0.3) is 5.56 Å². The quantitative estimate of drug-likeness (QED) is 0.647. The van der Waals surface area contributed by atoms with E-state index in [0.717, 1.165) is 0 Å². The maximum Gasteiger partial charge on any atom is 0.267 e. The molecule has 0 aliphatic carbocycles. The van der Waals surface area contributed by atoms with Crippen LogP contribution in [0.5, 0.6) is 0 Å². The highest BCUT2D eigenvalue weighted by molar-refractivity contribution is 6.37. The topological polar surface area (TPSA) is 52.0 Å². The number of nitrogens with zero attached hydrogens (tertiary/aromatic N) is 2. The fraction of sp³-hybridized carbons (Fsp3) is 0.0714. The summed E-state index contributed by atoms with van der Waals surface area (Å²) in [5, 5.41) is 4.61. The Labute approximate surface area is 125 Å². The molecule has 0 atom stereocenters. The summed E-state index contributed by atoms with van der Waals surface area (Å²) in [6, 6.07) is 6.04. The van der Waals surface area contributed by atoms with Gasteiger partial charge in [0.2, 0.25) is 0 Å². The Hall–Kier alpha value is -1.91. The lowest BCUT2D eigenvalue weighted by atomic mass is 10.1. The molecule has 0 saturated carbocycles. The normalized spacial score (nSPS) is 10.9. The third-order valence-electron chi connectivity index (χ3n) is 2.61. The minimum Gasteiger partial charge on any atom is -0.289 e. The fourth-order valence-electron chi connectivity index (χ4n) is 1.53. The Balaban J connectivity index is 2.24. The van der Waals surface area contributed by atoms with Crippen molar-refractivity contribution in [1.29, 1.82) is 0 Å². The van der Waals surface area contributed by atoms with Crippen LogP contribution in [0.25, 0.3) is 6.08 Å². The predicted octanol–water partition coefficient (Wildman–Crippen LogP) is 2.98. The Morgan fingerprint density at radius 1 is 1.30 bits per heavy atom. The number of carbonyl (C=O) groups excluding carboxylic acids is 1. The third kappa shape index (κ3) is 3.35. The highest BCUT2D eigenvalue weighted by atomic mass is 35.5. The Morgan fingerprint density at radius 3 is 2.70 bits per heavy atom. The first-order valence-electron chi connectivity index (χ1n) is 5.68. The number of halogens is 2. The van der Waals surface area contributed by atoms with Crippen molar-refractivity contribution in [2.24, 2.45) is 7.05 Å². The number of rotatable bonds is 3. The highest BCUT2D eigenvalue weighted by Crippen LogP contribution is 2.21. The molecule has 0 radical (unpaired) electrons. The van der Waals surface area contributed by atoms with Crippen molar-refractivity contribution in [2.75, 3.05) is 0 Å². The second kappa shape index (κ2) is 6.03. The molecule has 20 heavy (non-hydrogen) atoms. The zero-order valence-corrected chi connectivity index (χ0v) is 12.0. The number of hydrogen-bond donors (Lipinski definition) is 0. The lowest BCUT2D eigenvalue weighted by Crippen LogP contribution is -2.17. The smallest absolute Gasteiger partial charge is 0.267 e. The zero-order valence-electron chi connectivity index (χ0n) is 10.5. The molecule has 0 bridgehead atoms. The van der Waals surface area contributed by atoms with Crippen LogP contribution in [-0.4, -0.2) is 15.6 Å². The first-order chi connectivity index (χ1) is 9.47. The van der Waals surface area contributed by atoms with E-state index >= 15 is 0 Å². The number of carbonyl (C=O) groups is 1. The Bertz CT molecular complexity index is 751. The van der Waals surface area contributed by atoms with Gasteiger partial charge in [0.05, 0.1) is 11.2 Å². The van der Waals surface area contributed by atoms with E-state index in [0.29, 0.717) is 16.1 Å².